The van der Waals surface area contributed by atoms with Crippen LogP contribution in [0.15, 0.2) is 0 Å². The van der Waals surface area contributed by atoms with Crippen LogP contribution in [0.5, 0.6) is 0 Å². The van der Waals surface area contributed by atoms with Crippen molar-refractivity contribution in [3.63, 3.8) is 0 Å². The SMILES string of the molecule is CCCC(N)CC(=O)N(C)C1COCC1C(=O)O. The maximum Gasteiger partial charge on any atom is 0.311 e. The Morgan fingerprint density at radius 3 is 2.72 bits per heavy atom. The van der Waals surface area contributed by atoms with E-state index in [-0.39, 0.29) is 37.6 Å². The smallest absolute Gasteiger partial charge is 0.311 e. The third-order valence-electron chi connectivity index (χ3n) is 3.35. The minimum Gasteiger partial charge on any atom is -0.481 e. The Kier molecular flexibility index (Phi) is 5.55. The molecule has 6 nitrogen and oxygen atoms in total. The van der Waals surface area contributed by atoms with E-state index in [9.17, 15) is 9.59 Å². The Balaban J connectivity index is 2.55. The zero-order valence-corrected chi connectivity index (χ0v) is 11.0. The molecule has 1 amide bonds. The van der Waals surface area contributed by atoms with Crippen molar-refractivity contribution in [3.05, 3.63) is 0 Å². The van der Waals surface area contributed by atoms with Crippen LogP contribution in [-0.4, -0.2) is 54.2 Å². The van der Waals surface area contributed by atoms with Crippen LogP contribution in [0.4, 0.5) is 0 Å². The van der Waals surface area contributed by atoms with Gasteiger partial charge in [-0.15, -0.1) is 0 Å². The van der Waals surface area contributed by atoms with Crippen LogP contribution in [-0.2, 0) is 14.3 Å². The Morgan fingerprint density at radius 2 is 2.17 bits per heavy atom. The quantitative estimate of drug-likeness (QED) is 0.703. The highest BCUT2D eigenvalue weighted by Crippen LogP contribution is 2.20. The van der Waals surface area contributed by atoms with Crippen LogP contribution < -0.4 is 5.73 Å². The fraction of sp³-hybridized carbons (Fsp3) is 0.833. The number of hydrogen-bond acceptors (Lipinski definition) is 4. The van der Waals surface area contributed by atoms with Gasteiger partial charge in [0.2, 0.25) is 5.91 Å². The van der Waals surface area contributed by atoms with Crippen LogP contribution in [0.3, 0.4) is 0 Å². The highest BCUT2D eigenvalue weighted by molar-refractivity contribution is 5.78. The van der Waals surface area contributed by atoms with Gasteiger partial charge >= 0.3 is 5.97 Å². The van der Waals surface area contributed by atoms with Crippen molar-refractivity contribution in [3.8, 4) is 0 Å². The van der Waals surface area contributed by atoms with Gasteiger partial charge in [0.05, 0.1) is 19.3 Å². The number of ether oxygens (including phenoxy) is 1. The average molecular weight is 258 g/mol. The van der Waals surface area contributed by atoms with Crippen molar-refractivity contribution in [2.45, 2.75) is 38.3 Å². The molecule has 0 spiro atoms. The van der Waals surface area contributed by atoms with Crippen LogP contribution in [0, 0.1) is 5.92 Å². The molecule has 1 fully saturated rings. The zero-order valence-electron chi connectivity index (χ0n) is 11.0. The lowest BCUT2D eigenvalue weighted by atomic mass is 10.0. The summed E-state index contributed by atoms with van der Waals surface area (Å²) >= 11 is 0. The number of likely N-dealkylation sites (N-methyl/N-ethyl adjacent to an activating group) is 1. The molecule has 3 N–H and O–H groups in total. The third kappa shape index (κ3) is 3.68. The lowest BCUT2D eigenvalue weighted by Crippen LogP contribution is -2.45. The number of carboxylic acid groups (broad SMARTS) is 1. The van der Waals surface area contributed by atoms with Crippen molar-refractivity contribution in [2.24, 2.45) is 11.7 Å². The number of nitrogens with zero attached hydrogens (tertiary/aromatic N) is 1. The molecule has 6 heteroatoms. The summed E-state index contributed by atoms with van der Waals surface area (Å²) in [7, 11) is 1.62. The molecule has 3 atom stereocenters. The molecule has 1 aliphatic rings. The molecule has 0 aromatic carbocycles. The minimum absolute atomic E-state index is 0.113. The third-order valence-corrected chi connectivity index (χ3v) is 3.35. The summed E-state index contributed by atoms with van der Waals surface area (Å²) in [5, 5.41) is 9.04. The molecule has 18 heavy (non-hydrogen) atoms. The molecule has 1 heterocycles. The average Bonchev–Trinajstić information content (AvgIpc) is 2.76. The maximum absolute atomic E-state index is 12.0. The van der Waals surface area contributed by atoms with Crippen LogP contribution in [0.25, 0.3) is 0 Å². The molecule has 0 aliphatic carbocycles. The number of carboxylic acids is 1. The summed E-state index contributed by atoms with van der Waals surface area (Å²) in [4.78, 5) is 24.5. The van der Waals surface area contributed by atoms with E-state index in [1.807, 2.05) is 6.92 Å². The van der Waals surface area contributed by atoms with E-state index in [1.54, 1.807) is 7.05 Å². The van der Waals surface area contributed by atoms with E-state index < -0.39 is 11.9 Å². The molecule has 0 aromatic heterocycles. The summed E-state index contributed by atoms with van der Waals surface area (Å²) in [6, 6.07) is -0.542. The Labute approximate surface area is 107 Å². The van der Waals surface area contributed by atoms with Gasteiger partial charge in [-0.2, -0.15) is 0 Å². The van der Waals surface area contributed by atoms with Gasteiger partial charge in [0, 0.05) is 19.5 Å². The van der Waals surface area contributed by atoms with Crippen molar-refractivity contribution >= 4 is 11.9 Å². The zero-order chi connectivity index (χ0) is 13.7. The molecule has 1 saturated heterocycles. The van der Waals surface area contributed by atoms with E-state index in [4.69, 9.17) is 15.6 Å². The number of carbonyl (C=O) groups is 2. The van der Waals surface area contributed by atoms with Gasteiger partial charge < -0.3 is 20.5 Å². The van der Waals surface area contributed by atoms with Crippen molar-refractivity contribution < 1.29 is 19.4 Å². The van der Waals surface area contributed by atoms with Crippen LogP contribution in [0.2, 0.25) is 0 Å². The standard InChI is InChI=1S/C12H22N2O4/c1-3-4-8(13)5-11(15)14(2)10-7-18-6-9(10)12(16)17/h8-10H,3-7,13H2,1-2H3,(H,16,17). The van der Waals surface area contributed by atoms with E-state index in [1.165, 1.54) is 4.90 Å². The predicted molar refractivity (Wildman–Crippen MR) is 66.0 cm³/mol. The first-order valence-electron chi connectivity index (χ1n) is 6.29. The number of nitrogens with two attached hydrogens (primary N) is 1. The molecule has 3 unspecified atom stereocenters. The van der Waals surface area contributed by atoms with Gasteiger partial charge in [0.1, 0.15) is 5.92 Å². The van der Waals surface area contributed by atoms with Crippen molar-refractivity contribution in [1.29, 1.82) is 0 Å². The van der Waals surface area contributed by atoms with E-state index in [0.29, 0.717) is 0 Å². The summed E-state index contributed by atoms with van der Waals surface area (Å²) < 4.78 is 5.15. The highest BCUT2D eigenvalue weighted by atomic mass is 16.5. The summed E-state index contributed by atoms with van der Waals surface area (Å²) in [5.41, 5.74) is 5.82. The molecule has 104 valence electrons. The minimum atomic E-state index is -0.921. The lowest BCUT2D eigenvalue weighted by molar-refractivity contribution is -0.144. The Morgan fingerprint density at radius 1 is 1.50 bits per heavy atom. The first kappa shape index (κ1) is 14.9. The fourth-order valence-electron chi connectivity index (χ4n) is 2.19. The number of rotatable bonds is 6. The summed E-state index contributed by atoms with van der Waals surface area (Å²) in [6.07, 6.45) is 1.98. The molecule has 0 saturated carbocycles. The number of aliphatic carboxylic acids is 1. The van der Waals surface area contributed by atoms with Crippen LogP contribution in [0.1, 0.15) is 26.2 Å². The Bertz CT molecular complexity index is 308. The molecular weight excluding hydrogens is 236 g/mol. The molecule has 1 rings (SSSR count). The molecule has 0 bridgehead atoms. The number of amides is 1. The van der Waals surface area contributed by atoms with Gasteiger partial charge in [-0.3, -0.25) is 9.59 Å². The second kappa shape index (κ2) is 6.70. The largest absolute Gasteiger partial charge is 0.481 e. The normalized spacial score (nSPS) is 24.8. The van der Waals surface area contributed by atoms with Crippen molar-refractivity contribution in [2.75, 3.05) is 20.3 Å². The van der Waals surface area contributed by atoms with E-state index in [0.717, 1.165) is 12.8 Å². The fourth-order valence-corrected chi connectivity index (χ4v) is 2.19. The summed E-state index contributed by atoms with van der Waals surface area (Å²) in [6.45, 7) is 2.46. The van der Waals surface area contributed by atoms with Gasteiger partial charge in [-0.1, -0.05) is 13.3 Å². The number of carbonyl (C=O) groups excluding carboxylic acids is 1. The second-order valence-electron chi connectivity index (χ2n) is 4.81. The number of hydrogen-bond donors (Lipinski definition) is 2. The van der Waals surface area contributed by atoms with E-state index in [2.05, 4.69) is 0 Å². The van der Waals surface area contributed by atoms with Crippen molar-refractivity contribution in [1.82, 2.24) is 4.90 Å². The lowest BCUT2D eigenvalue weighted by Gasteiger charge is -2.27. The van der Waals surface area contributed by atoms with E-state index >= 15 is 0 Å². The topological polar surface area (TPSA) is 92.9 Å². The van der Waals surface area contributed by atoms with Gasteiger partial charge in [-0.05, 0) is 6.42 Å². The monoisotopic (exact) mass is 258 g/mol. The Hall–Kier alpha value is -1.14. The van der Waals surface area contributed by atoms with Crippen LogP contribution >= 0.6 is 0 Å². The molecule has 1 aliphatic heterocycles. The van der Waals surface area contributed by atoms with Gasteiger partial charge in [-0.25, -0.2) is 0 Å². The highest BCUT2D eigenvalue weighted by Gasteiger charge is 2.38. The first-order chi connectivity index (χ1) is 8.47. The molecular formula is C12H22N2O4. The van der Waals surface area contributed by atoms with Gasteiger partial charge in [0.15, 0.2) is 0 Å². The second-order valence-corrected chi connectivity index (χ2v) is 4.81. The maximum atomic E-state index is 12.0. The first-order valence-corrected chi connectivity index (χ1v) is 6.29. The molecule has 0 aromatic rings. The van der Waals surface area contributed by atoms with Gasteiger partial charge in [0.25, 0.3) is 0 Å². The molecule has 0 radical (unpaired) electrons. The predicted octanol–water partition coefficient (Wildman–Crippen LogP) is 0.0619. The summed E-state index contributed by atoms with van der Waals surface area (Å²) in [5.74, 6) is -1.67.